The van der Waals surface area contributed by atoms with E-state index in [0.717, 1.165) is 5.56 Å². The molecule has 0 aliphatic rings. The van der Waals surface area contributed by atoms with Crippen LogP contribution in [0.2, 0.25) is 0 Å². The molecule has 0 saturated carbocycles. The van der Waals surface area contributed by atoms with Crippen LogP contribution in [-0.4, -0.2) is 5.11 Å². The molecule has 0 unspecified atom stereocenters. The van der Waals surface area contributed by atoms with Gasteiger partial charge in [0.2, 0.25) is 0 Å². The first-order valence-electron chi connectivity index (χ1n) is 5.01. The highest BCUT2D eigenvalue weighted by Crippen LogP contribution is 2.26. The van der Waals surface area contributed by atoms with E-state index in [1.54, 1.807) is 24.3 Å². The van der Waals surface area contributed by atoms with Crippen molar-refractivity contribution in [3.8, 4) is 11.5 Å². The second-order valence-electron chi connectivity index (χ2n) is 3.53. The Labute approximate surface area is 107 Å². The first-order valence-corrected chi connectivity index (χ1v) is 5.80. The zero-order valence-corrected chi connectivity index (χ0v) is 10.4. The lowest BCUT2D eigenvalue weighted by Crippen LogP contribution is -1.96. The van der Waals surface area contributed by atoms with Crippen molar-refractivity contribution in [1.29, 1.82) is 0 Å². The van der Waals surface area contributed by atoms with Gasteiger partial charge in [0.25, 0.3) is 0 Å². The summed E-state index contributed by atoms with van der Waals surface area (Å²) in [6.07, 6.45) is 0. The largest absolute Gasteiger partial charge is 0.508 e. The number of hydrogen-bond donors (Lipinski definition) is 1. The van der Waals surface area contributed by atoms with Crippen LogP contribution in [-0.2, 0) is 6.61 Å². The van der Waals surface area contributed by atoms with Gasteiger partial charge in [-0.15, -0.1) is 0 Å². The Morgan fingerprint density at radius 3 is 2.76 bits per heavy atom. The molecule has 4 heteroatoms. The average Bonchev–Trinajstić information content (AvgIpc) is 2.30. The Kier molecular flexibility index (Phi) is 3.64. The van der Waals surface area contributed by atoms with E-state index in [2.05, 4.69) is 15.9 Å². The lowest BCUT2D eigenvalue weighted by molar-refractivity contribution is 0.302. The fraction of sp³-hybridized carbons (Fsp3) is 0.0769. The van der Waals surface area contributed by atoms with E-state index in [-0.39, 0.29) is 18.2 Å². The minimum absolute atomic E-state index is 0.185. The lowest BCUT2D eigenvalue weighted by atomic mass is 10.2. The van der Waals surface area contributed by atoms with Gasteiger partial charge in [0.1, 0.15) is 23.9 Å². The van der Waals surface area contributed by atoms with Crippen LogP contribution >= 0.6 is 15.9 Å². The molecule has 0 aliphatic heterocycles. The van der Waals surface area contributed by atoms with E-state index < -0.39 is 0 Å². The summed E-state index contributed by atoms with van der Waals surface area (Å²) in [7, 11) is 0. The molecule has 0 radical (unpaired) electrons. The summed E-state index contributed by atoms with van der Waals surface area (Å²) >= 11 is 3.28. The van der Waals surface area contributed by atoms with E-state index in [0.29, 0.717) is 10.2 Å². The summed E-state index contributed by atoms with van der Waals surface area (Å²) in [5, 5.41) is 9.28. The first kappa shape index (κ1) is 11.9. The Hall–Kier alpha value is -1.55. The third-order valence-corrected chi connectivity index (χ3v) is 2.85. The third-order valence-electron chi connectivity index (χ3n) is 2.20. The van der Waals surface area contributed by atoms with Crippen LogP contribution in [0.5, 0.6) is 11.5 Å². The fourth-order valence-corrected chi connectivity index (χ4v) is 1.76. The Balaban J connectivity index is 2.09. The number of phenolic OH excluding ortho intramolecular Hbond substituents is 1. The summed E-state index contributed by atoms with van der Waals surface area (Å²) in [6, 6.07) is 11.0. The summed E-state index contributed by atoms with van der Waals surface area (Å²) in [6.45, 7) is 0.274. The smallest absolute Gasteiger partial charge is 0.136 e. The summed E-state index contributed by atoms with van der Waals surface area (Å²) in [5.41, 5.74) is 0.821. The van der Waals surface area contributed by atoms with Gasteiger partial charge in [0, 0.05) is 6.07 Å². The standard InChI is InChI=1S/C13H10BrFO2/c14-12-5-4-10(15)7-13(12)17-8-9-2-1-3-11(16)6-9/h1-7,16H,8H2. The molecule has 0 spiro atoms. The normalized spacial score (nSPS) is 10.2. The van der Waals surface area contributed by atoms with Gasteiger partial charge >= 0.3 is 0 Å². The molecule has 2 rings (SSSR count). The molecule has 2 aromatic carbocycles. The summed E-state index contributed by atoms with van der Waals surface area (Å²) in [5.74, 6) is 0.275. The van der Waals surface area contributed by atoms with Crippen molar-refractivity contribution in [2.75, 3.05) is 0 Å². The van der Waals surface area contributed by atoms with Crippen LogP contribution in [0.4, 0.5) is 4.39 Å². The Bertz CT molecular complexity index is 529. The molecule has 0 fully saturated rings. The maximum Gasteiger partial charge on any atom is 0.136 e. The second-order valence-corrected chi connectivity index (χ2v) is 4.39. The first-order chi connectivity index (χ1) is 8.15. The highest BCUT2D eigenvalue weighted by molar-refractivity contribution is 9.10. The van der Waals surface area contributed by atoms with Gasteiger partial charge in [-0.25, -0.2) is 4.39 Å². The van der Waals surface area contributed by atoms with Crippen molar-refractivity contribution >= 4 is 15.9 Å². The molecule has 2 nitrogen and oxygen atoms in total. The molecule has 17 heavy (non-hydrogen) atoms. The molecule has 2 aromatic rings. The number of benzene rings is 2. The molecular weight excluding hydrogens is 287 g/mol. The van der Waals surface area contributed by atoms with Crippen LogP contribution < -0.4 is 4.74 Å². The van der Waals surface area contributed by atoms with Crippen LogP contribution in [0, 0.1) is 5.82 Å². The van der Waals surface area contributed by atoms with Crippen molar-refractivity contribution in [2.45, 2.75) is 6.61 Å². The van der Waals surface area contributed by atoms with Crippen molar-refractivity contribution in [3.63, 3.8) is 0 Å². The lowest BCUT2D eigenvalue weighted by Gasteiger charge is -2.08. The molecule has 0 bridgehead atoms. The maximum absolute atomic E-state index is 13.0. The van der Waals surface area contributed by atoms with Gasteiger partial charge in [-0.05, 0) is 45.8 Å². The van der Waals surface area contributed by atoms with Crippen molar-refractivity contribution in [2.24, 2.45) is 0 Å². The number of aromatic hydroxyl groups is 1. The number of halogens is 2. The number of ether oxygens (including phenoxy) is 1. The topological polar surface area (TPSA) is 29.5 Å². The second kappa shape index (κ2) is 5.19. The van der Waals surface area contributed by atoms with Gasteiger partial charge in [-0.1, -0.05) is 12.1 Å². The average molecular weight is 297 g/mol. The number of rotatable bonds is 3. The van der Waals surface area contributed by atoms with E-state index in [4.69, 9.17) is 4.74 Å². The minimum atomic E-state index is -0.348. The van der Waals surface area contributed by atoms with Gasteiger partial charge in [-0.3, -0.25) is 0 Å². The zero-order chi connectivity index (χ0) is 12.3. The van der Waals surface area contributed by atoms with Gasteiger partial charge < -0.3 is 9.84 Å². The van der Waals surface area contributed by atoms with E-state index in [1.807, 2.05) is 6.07 Å². The predicted molar refractivity (Wildman–Crippen MR) is 66.5 cm³/mol. The molecular formula is C13H10BrFO2. The molecule has 0 atom stereocenters. The SMILES string of the molecule is Oc1cccc(COc2cc(F)ccc2Br)c1. The minimum Gasteiger partial charge on any atom is -0.508 e. The Morgan fingerprint density at radius 2 is 2.00 bits per heavy atom. The number of phenols is 1. The van der Waals surface area contributed by atoms with Crippen LogP contribution in [0.15, 0.2) is 46.9 Å². The fourth-order valence-electron chi connectivity index (χ4n) is 1.40. The molecule has 0 heterocycles. The molecule has 0 saturated heterocycles. The van der Waals surface area contributed by atoms with Crippen molar-refractivity contribution in [3.05, 3.63) is 58.3 Å². The van der Waals surface area contributed by atoms with Crippen LogP contribution in [0.1, 0.15) is 5.56 Å². The quantitative estimate of drug-likeness (QED) is 0.931. The Morgan fingerprint density at radius 1 is 1.18 bits per heavy atom. The van der Waals surface area contributed by atoms with Crippen molar-refractivity contribution in [1.82, 2.24) is 0 Å². The third kappa shape index (κ3) is 3.20. The maximum atomic E-state index is 13.0. The highest BCUT2D eigenvalue weighted by Gasteiger charge is 2.03. The molecule has 0 aromatic heterocycles. The van der Waals surface area contributed by atoms with Gasteiger partial charge in [-0.2, -0.15) is 0 Å². The summed E-state index contributed by atoms with van der Waals surface area (Å²) < 4.78 is 19.2. The molecule has 88 valence electrons. The van der Waals surface area contributed by atoms with E-state index in [1.165, 1.54) is 12.1 Å². The number of hydrogen-bond acceptors (Lipinski definition) is 2. The molecule has 1 N–H and O–H groups in total. The molecule has 0 amide bonds. The molecule has 0 aliphatic carbocycles. The predicted octanol–water partition coefficient (Wildman–Crippen LogP) is 3.87. The summed E-state index contributed by atoms with van der Waals surface area (Å²) in [4.78, 5) is 0. The van der Waals surface area contributed by atoms with E-state index >= 15 is 0 Å². The van der Waals surface area contributed by atoms with E-state index in [9.17, 15) is 9.50 Å². The van der Waals surface area contributed by atoms with Crippen LogP contribution in [0.3, 0.4) is 0 Å². The zero-order valence-electron chi connectivity index (χ0n) is 8.86. The van der Waals surface area contributed by atoms with Crippen molar-refractivity contribution < 1.29 is 14.2 Å². The highest BCUT2D eigenvalue weighted by atomic mass is 79.9. The van der Waals surface area contributed by atoms with Gasteiger partial charge in [0.15, 0.2) is 0 Å². The van der Waals surface area contributed by atoms with Gasteiger partial charge in [0.05, 0.1) is 4.47 Å². The monoisotopic (exact) mass is 296 g/mol. The van der Waals surface area contributed by atoms with Crippen LogP contribution in [0.25, 0.3) is 0 Å².